The van der Waals surface area contributed by atoms with Crippen molar-refractivity contribution in [3.63, 3.8) is 0 Å². The van der Waals surface area contributed by atoms with E-state index in [-0.39, 0.29) is 64.8 Å². The van der Waals surface area contributed by atoms with Crippen LogP contribution in [0.5, 0.6) is 0 Å². The molecule has 1 unspecified atom stereocenters. The number of amides is 1. The number of nitrogen functional groups attached to an aromatic ring is 1. The highest BCUT2D eigenvalue weighted by atomic mass is 35.5. The number of nitrogens with one attached hydrogen (secondary N) is 1. The summed E-state index contributed by atoms with van der Waals surface area (Å²) in [5, 5.41) is 12.6. The number of piperazine rings is 1. The molecule has 0 bridgehead atoms. The minimum Gasteiger partial charge on any atom is -0.394 e. The highest BCUT2D eigenvalue weighted by Crippen LogP contribution is 2.42. The van der Waals surface area contributed by atoms with Crippen molar-refractivity contribution in [2.75, 3.05) is 30.3 Å². The standard InChI is InChI=1S/C32H30Cl2F3N7O2/c1-6-20(45)43-10-9-42(13-16(43)5)30-17-11-19(33)28(21-23(35)22(34)25(37)26(39)24(21)36)41-31(17)44(32(46)18(30)12-38)29-15(4)7-8-40-27(29)14(2)3/h6-8,11,14,16,27,40H,1,9-10,13,39H2,2-5H3/t16-,27?/m1/s1. The number of nitrogens with two attached hydrogens (primary N) is 1. The van der Waals surface area contributed by atoms with E-state index >= 15 is 8.78 Å². The lowest BCUT2D eigenvalue weighted by Crippen LogP contribution is -2.54. The lowest BCUT2D eigenvalue weighted by Gasteiger charge is -2.41. The zero-order valence-corrected chi connectivity index (χ0v) is 26.9. The van der Waals surface area contributed by atoms with Gasteiger partial charge in [-0.3, -0.25) is 14.2 Å². The SMILES string of the molecule is C=CC(=O)N1CCN(c2c(C#N)c(=O)n(C3=C(C)C=CNC3C(C)C)c3nc(-c4c(F)c(N)c(F)c(Cl)c4F)c(Cl)cc23)C[C@H]1C. The van der Waals surface area contributed by atoms with Crippen molar-refractivity contribution in [1.29, 1.82) is 5.26 Å². The zero-order chi connectivity index (χ0) is 33.8. The van der Waals surface area contributed by atoms with Gasteiger partial charge in [0, 0.05) is 31.1 Å². The highest BCUT2D eigenvalue weighted by Gasteiger charge is 2.34. The van der Waals surface area contributed by atoms with Crippen LogP contribution in [0.4, 0.5) is 24.5 Å². The summed E-state index contributed by atoms with van der Waals surface area (Å²) in [4.78, 5) is 34.8. The molecule has 0 spiro atoms. The maximum Gasteiger partial charge on any atom is 0.276 e. The number of hydrogen-bond donors (Lipinski definition) is 2. The van der Waals surface area contributed by atoms with Gasteiger partial charge in [0.1, 0.15) is 28.0 Å². The maximum atomic E-state index is 15.4. The largest absolute Gasteiger partial charge is 0.394 e. The van der Waals surface area contributed by atoms with Crippen LogP contribution >= 0.6 is 23.2 Å². The van der Waals surface area contributed by atoms with Gasteiger partial charge in [0.2, 0.25) is 5.91 Å². The number of pyridine rings is 2. The number of dihydropyridines is 1. The number of fused-ring (bicyclic) bond motifs is 1. The number of benzene rings is 1. The Labute approximate surface area is 273 Å². The Balaban J connectivity index is 1.91. The van der Waals surface area contributed by atoms with Crippen molar-refractivity contribution in [1.82, 2.24) is 19.8 Å². The van der Waals surface area contributed by atoms with Crippen LogP contribution in [0, 0.1) is 34.7 Å². The number of rotatable bonds is 5. The quantitative estimate of drug-likeness (QED) is 0.151. The molecule has 9 nitrogen and oxygen atoms in total. The van der Waals surface area contributed by atoms with Gasteiger partial charge in [-0.2, -0.15) is 5.26 Å². The van der Waals surface area contributed by atoms with Gasteiger partial charge in [-0.15, -0.1) is 0 Å². The van der Waals surface area contributed by atoms with E-state index in [9.17, 15) is 19.2 Å². The van der Waals surface area contributed by atoms with Crippen LogP contribution in [0.25, 0.3) is 28.0 Å². The summed E-state index contributed by atoms with van der Waals surface area (Å²) < 4.78 is 46.5. The van der Waals surface area contributed by atoms with E-state index in [0.717, 1.165) is 0 Å². The Morgan fingerprint density at radius 3 is 2.54 bits per heavy atom. The summed E-state index contributed by atoms with van der Waals surface area (Å²) in [7, 11) is 0. The second-order valence-corrected chi connectivity index (χ2v) is 12.3. The smallest absolute Gasteiger partial charge is 0.276 e. The van der Waals surface area contributed by atoms with E-state index in [1.54, 1.807) is 29.0 Å². The van der Waals surface area contributed by atoms with Crippen LogP contribution in [0.15, 0.2) is 41.4 Å². The topological polar surface area (TPSA) is 120 Å². The first kappa shape index (κ1) is 32.9. The van der Waals surface area contributed by atoms with Gasteiger partial charge in [-0.25, -0.2) is 18.2 Å². The Morgan fingerprint density at radius 1 is 1.24 bits per heavy atom. The molecule has 46 heavy (non-hydrogen) atoms. The predicted octanol–water partition coefficient (Wildman–Crippen LogP) is 5.84. The third-order valence-corrected chi connectivity index (χ3v) is 8.96. The minimum absolute atomic E-state index is 0.0595. The van der Waals surface area contributed by atoms with Crippen molar-refractivity contribution in [3.05, 3.63) is 80.0 Å². The molecule has 0 radical (unpaired) electrons. The van der Waals surface area contributed by atoms with Gasteiger partial charge in [0.05, 0.1) is 33.7 Å². The minimum atomic E-state index is -1.48. The van der Waals surface area contributed by atoms with Gasteiger partial charge < -0.3 is 20.9 Å². The monoisotopic (exact) mass is 671 g/mol. The molecule has 0 saturated carbocycles. The lowest BCUT2D eigenvalue weighted by atomic mass is 9.94. The number of aromatic nitrogens is 2. The fourth-order valence-electron chi connectivity index (χ4n) is 6.07. The average Bonchev–Trinajstić information content (AvgIpc) is 3.02. The van der Waals surface area contributed by atoms with Gasteiger partial charge in [0.25, 0.3) is 5.56 Å². The highest BCUT2D eigenvalue weighted by molar-refractivity contribution is 6.34. The molecular weight excluding hydrogens is 642 g/mol. The average molecular weight is 673 g/mol. The number of hydrogen-bond acceptors (Lipinski definition) is 7. The van der Waals surface area contributed by atoms with E-state index in [4.69, 9.17) is 28.9 Å². The fraction of sp³-hybridized carbons (Fsp3) is 0.312. The van der Waals surface area contributed by atoms with E-state index in [1.165, 1.54) is 16.7 Å². The molecule has 2 aliphatic heterocycles. The molecule has 2 aromatic heterocycles. The number of carbonyl (C=O) groups is 1. The van der Waals surface area contributed by atoms with Crippen molar-refractivity contribution in [2.45, 2.75) is 39.8 Å². The van der Waals surface area contributed by atoms with E-state index in [1.807, 2.05) is 20.8 Å². The van der Waals surface area contributed by atoms with Crippen molar-refractivity contribution >= 4 is 57.2 Å². The molecule has 1 amide bonds. The summed E-state index contributed by atoms with van der Waals surface area (Å²) in [6.07, 6.45) is 4.71. The molecule has 0 aliphatic carbocycles. The molecule has 3 aromatic rings. The van der Waals surface area contributed by atoms with Crippen LogP contribution in [-0.4, -0.2) is 52.1 Å². The third-order valence-electron chi connectivity index (χ3n) is 8.34. The Kier molecular flexibility index (Phi) is 8.86. The molecule has 2 atom stereocenters. The van der Waals surface area contributed by atoms with Crippen molar-refractivity contribution < 1.29 is 18.0 Å². The third kappa shape index (κ3) is 5.17. The normalized spacial score (nSPS) is 18.3. The molecule has 3 N–H and O–H groups in total. The molecule has 2 aliphatic rings. The van der Waals surface area contributed by atoms with Gasteiger partial charge in [0.15, 0.2) is 17.5 Å². The van der Waals surface area contributed by atoms with Crippen molar-refractivity contribution in [2.24, 2.45) is 5.92 Å². The lowest BCUT2D eigenvalue weighted by molar-refractivity contribution is -0.128. The number of halogens is 5. The molecule has 4 heterocycles. The van der Waals surface area contributed by atoms with E-state index in [2.05, 4.69) is 22.9 Å². The first-order valence-corrected chi connectivity index (χ1v) is 15.1. The molecular formula is C32H30Cl2F3N7O2. The Morgan fingerprint density at radius 2 is 1.93 bits per heavy atom. The molecule has 240 valence electrons. The van der Waals surface area contributed by atoms with Crippen LogP contribution in [-0.2, 0) is 4.79 Å². The summed E-state index contributed by atoms with van der Waals surface area (Å²) in [6.45, 7) is 11.8. The second-order valence-electron chi connectivity index (χ2n) is 11.5. The van der Waals surface area contributed by atoms with Crippen LogP contribution in [0.2, 0.25) is 10.0 Å². The molecule has 5 rings (SSSR count). The zero-order valence-electron chi connectivity index (χ0n) is 25.4. The van der Waals surface area contributed by atoms with Crippen LogP contribution in [0.1, 0.15) is 33.3 Å². The van der Waals surface area contributed by atoms with Gasteiger partial charge in [-0.1, -0.05) is 43.6 Å². The fourth-order valence-corrected chi connectivity index (χ4v) is 6.51. The second kappa shape index (κ2) is 12.4. The van der Waals surface area contributed by atoms with Gasteiger partial charge in [-0.05, 0) is 49.8 Å². The Bertz CT molecular complexity index is 1950. The summed E-state index contributed by atoms with van der Waals surface area (Å²) in [6, 6.07) is 2.65. The Hall–Kier alpha value is -4.47. The first-order chi connectivity index (χ1) is 21.7. The van der Waals surface area contributed by atoms with E-state index in [0.29, 0.717) is 11.3 Å². The van der Waals surface area contributed by atoms with Crippen LogP contribution < -0.4 is 21.5 Å². The molecule has 1 aromatic carbocycles. The summed E-state index contributed by atoms with van der Waals surface area (Å²) in [5.74, 6) is -4.74. The molecule has 1 saturated heterocycles. The van der Waals surface area contributed by atoms with Crippen LogP contribution in [0.3, 0.4) is 0 Å². The summed E-state index contributed by atoms with van der Waals surface area (Å²) in [5.41, 5.74) is 3.54. The van der Waals surface area contributed by atoms with Gasteiger partial charge >= 0.3 is 0 Å². The molecule has 1 fully saturated rings. The molecule has 14 heteroatoms. The first-order valence-electron chi connectivity index (χ1n) is 14.4. The van der Waals surface area contributed by atoms with E-state index < -0.39 is 51.0 Å². The van der Waals surface area contributed by atoms with Crippen molar-refractivity contribution in [3.8, 4) is 17.3 Å². The number of nitriles is 1. The number of allylic oxidation sites excluding steroid dienone is 2. The summed E-state index contributed by atoms with van der Waals surface area (Å²) >= 11 is 12.5. The predicted molar refractivity (Wildman–Crippen MR) is 174 cm³/mol. The number of nitrogens with zero attached hydrogens (tertiary/aromatic N) is 5. The maximum absolute atomic E-state index is 15.4. The number of anilines is 2. The number of carbonyl (C=O) groups excluding carboxylic acids is 1.